The first-order chi connectivity index (χ1) is 16.2. The number of piperidine rings is 1. The fourth-order valence-electron chi connectivity index (χ4n) is 5.48. The molecule has 1 saturated heterocycles. The van der Waals surface area contributed by atoms with Crippen LogP contribution < -0.4 is 5.32 Å². The summed E-state index contributed by atoms with van der Waals surface area (Å²) in [4.78, 5) is 15.7. The first kappa shape index (κ1) is 27.7. The van der Waals surface area contributed by atoms with E-state index in [0.29, 0.717) is 23.8 Å². The second kappa shape index (κ2) is 11.9. The average Bonchev–Trinajstić information content (AvgIpc) is 2.83. The van der Waals surface area contributed by atoms with Crippen molar-refractivity contribution in [3.8, 4) is 11.5 Å². The second-order valence-electron chi connectivity index (χ2n) is 10.4. The molecular formula is C28H39ClN2O3S. The van der Waals surface area contributed by atoms with Crippen LogP contribution in [0.3, 0.4) is 0 Å². The number of rotatable bonds is 7. The van der Waals surface area contributed by atoms with E-state index in [9.17, 15) is 15.0 Å². The lowest BCUT2D eigenvalue weighted by atomic mass is 9.85. The third-order valence-corrected chi connectivity index (χ3v) is 8.87. The van der Waals surface area contributed by atoms with Gasteiger partial charge in [-0.15, -0.1) is 24.2 Å². The molecule has 0 spiro atoms. The minimum Gasteiger partial charge on any atom is -0.508 e. The van der Waals surface area contributed by atoms with Crippen LogP contribution in [0.25, 0.3) is 0 Å². The fraction of sp³-hybridized carbons (Fsp3) is 0.536. The zero-order chi connectivity index (χ0) is 24.3. The van der Waals surface area contributed by atoms with E-state index in [1.165, 1.54) is 11.1 Å². The molecule has 2 aromatic rings. The van der Waals surface area contributed by atoms with Crippen LogP contribution in [0.1, 0.15) is 69.1 Å². The van der Waals surface area contributed by atoms with Gasteiger partial charge in [-0.3, -0.25) is 9.69 Å². The standard InChI is InChI=1S/C28H38N2O3S.ClH/c1-4-23(29-27(33)26-16-21-8-9-25(32)15-22(21)18-34-26)17-28(2,3)30-12-10-19(11-13-30)20-6-5-7-24(31)14-20;/h5-9,14-15,19,23,26,31-32H,4,10-13,16-18H2,1-3H3,(H,29,33);1H/t23?,26-;/m1./s1. The maximum absolute atomic E-state index is 13.1. The summed E-state index contributed by atoms with van der Waals surface area (Å²) in [5.41, 5.74) is 3.54. The molecule has 0 bridgehead atoms. The monoisotopic (exact) mass is 518 g/mol. The van der Waals surface area contributed by atoms with Crippen molar-refractivity contribution < 1.29 is 15.0 Å². The number of phenols is 2. The largest absolute Gasteiger partial charge is 0.508 e. The topological polar surface area (TPSA) is 72.8 Å². The Hall–Kier alpha value is -1.89. The van der Waals surface area contributed by atoms with Crippen LogP contribution in [0.2, 0.25) is 0 Å². The van der Waals surface area contributed by atoms with Crippen molar-refractivity contribution in [2.24, 2.45) is 0 Å². The number of halogens is 1. The minimum atomic E-state index is -0.0766. The SMILES string of the molecule is CCC(CC(C)(C)N1CCC(c2cccc(O)c2)CC1)NC(=O)[C@H]1Cc2ccc(O)cc2CS1.Cl. The Kier molecular flexibility index (Phi) is 9.41. The van der Waals surface area contributed by atoms with Crippen LogP contribution in [-0.2, 0) is 17.0 Å². The van der Waals surface area contributed by atoms with Crippen molar-refractivity contribution >= 4 is 30.1 Å². The lowest BCUT2D eigenvalue weighted by Crippen LogP contribution is -2.52. The predicted molar refractivity (Wildman–Crippen MR) is 147 cm³/mol. The van der Waals surface area contributed by atoms with E-state index >= 15 is 0 Å². The van der Waals surface area contributed by atoms with Crippen molar-refractivity contribution in [3.05, 3.63) is 59.2 Å². The number of thioether (sulfide) groups is 1. The maximum Gasteiger partial charge on any atom is 0.233 e. The molecule has 4 rings (SSSR count). The van der Waals surface area contributed by atoms with Crippen LogP contribution in [0, 0.1) is 0 Å². The van der Waals surface area contributed by atoms with Gasteiger partial charge in [0, 0.05) is 17.3 Å². The molecule has 2 aliphatic rings. The molecule has 1 fully saturated rings. The minimum absolute atomic E-state index is 0. The number of hydrogen-bond acceptors (Lipinski definition) is 5. The first-order valence-electron chi connectivity index (χ1n) is 12.5. The van der Waals surface area contributed by atoms with Crippen molar-refractivity contribution in [2.75, 3.05) is 13.1 Å². The summed E-state index contributed by atoms with van der Waals surface area (Å²) in [6.45, 7) is 8.81. The number of phenolic OH excluding ortho intramolecular Hbond substituents is 2. The van der Waals surface area contributed by atoms with Gasteiger partial charge in [0.15, 0.2) is 0 Å². The summed E-state index contributed by atoms with van der Waals surface area (Å²) in [6.07, 6.45) is 4.73. The van der Waals surface area contributed by atoms with Gasteiger partial charge < -0.3 is 15.5 Å². The Morgan fingerprint density at radius 3 is 2.51 bits per heavy atom. The second-order valence-corrected chi connectivity index (χ2v) is 11.6. The third-order valence-electron chi connectivity index (χ3n) is 7.61. The first-order valence-corrected chi connectivity index (χ1v) is 13.6. The molecule has 2 aromatic carbocycles. The normalized spacial score (nSPS) is 19.9. The van der Waals surface area contributed by atoms with Gasteiger partial charge in [0.05, 0.1) is 5.25 Å². The lowest BCUT2D eigenvalue weighted by molar-refractivity contribution is -0.121. The third kappa shape index (κ3) is 6.87. The summed E-state index contributed by atoms with van der Waals surface area (Å²) >= 11 is 1.67. The summed E-state index contributed by atoms with van der Waals surface area (Å²) in [6, 6.07) is 13.3. The number of likely N-dealkylation sites (tertiary alicyclic amines) is 1. The summed E-state index contributed by atoms with van der Waals surface area (Å²) in [7, 11) is 0. The number of fused-ring (bicyclic) bond motifs is 1. The van der Waals surface area contributed by atoms with E-state index < -0.39 is 0 Å². The number of nitrogens with zero attached hydrogens (tertiary/aromatic N) is 1. The molecule has 2 atom stereocenters. The number of benzene rings is 2. The Bertz CT molecular complexity index is 1010. The van der Waals surface area contributed by atoms with Crippen molar-refractivity contribution in [2.45, 2.75) is 81.4 Å². The Morgan fingerprint density at radius 1 is 1.11 bits per heavy atom. The molecule has 0 aliphatic carbocycles. The summed E-state index contributed by atoms with van der Waals surface area (Å²) in [5.74, 6) is 2.03. The highest BCUT2D eigenvalue weighted by atomic mass is 35.5. The molecular weight excluding hydrogens is 480 g/mol. The zero-order valence-electron chi connectivity index (χ0n) is 21.0. The van der Waals surface area contributed by atoms with Gasteiger partial charge in [0.25, 0.3) is 0 Å². The highest BCUT2D eigenvalue weighted by Crippen LogP contribution is 2.35. The van der Waals surface area contributed by atoms with Gasteiger partial charge in [-0.25, -0.2) is 0 Å². The Balaban J connectivity index is 0.00000342. The zero-order valence-corrected chi connectivity index (χ0v) is 22.6. The molecule has 1 unspecified atom stereocenters. The van der Waals surface area contributed by atoms with Gasteiger partial charge in [-0.2, -0.15) is 0 Å². The molecule has 1 amide bonds. The number of carbonyl (C=O) groups is 1. The quantitative estimate of drug-likeness (QED) is 0.443. The van der Waals surface area contributed by atoms with Crippen LogP contribution in [0.15, 0.2) is 42.5 Å². The van der Waals surface area contributed by atoms with E-state index in [4.69, 9.17) is 0 Å². The van der Waals surface area contributed by atoms with Crippen molar-refractivity contribution in [3.63, 3.8) is 0 Å². The predicted octanol–water partition coefficient (Wildman–Crippen LogP) is 5.62. The molecule has 35 heavy (non-hydrogen) atoms. The van der Waals surface area contributed by atoms with Crippen molar-refractivity contribution in [1.82, 2.24) is 10.2 Å². The van der Waals surface area contributed by atoms with Gasteiger partial charge in [-0.05, 0) is 106 Å². The summed E-state index contributed by atoms with van der Waals surface area (Å²) in [5, 5.41) is 22.8. The van der Waals surface area contributed by atoms with E-state index in [0.717, 1.165) is 50.1 Å². The van der Waals surface area contributed by atoms with Crippen molar-refractivity contribution in [1.29, 1.82) is 0 Å². The maximum atomic E-state index is 13.1. The van der Waals surface area contributed by atoms with E-state index in [1.807, 2.05) is 24.3 Å². The van der Waals surface area contributed by atoms with Crippen LogP contribution in [-0.4, -0.2) is 50.9 Å². The molecule has 2 aliphatic heterocycles. The Morgan fingerprint density at radius 2 is 1.83 bits per heavy atom. The smallest absolute Gasteiger partial charge is 0.233 e. The summed E-state index contributed by atoms with van der Waals surface area (Å²) < 4.78 is 0. The number of carbonyl (C=O) groups excluding carboxylic acids is 1. The number of amides is 1. The van der Waals surface area contributed by atoms with Gasteiger partial charge >= 0.3 is 0 Å². The highest BCUT2D eigenvalue weighted by molar-refractivity contribution is 7.99. The molecule has 0 radical (unpaired) electrons. The number of hydrogen-bond donors (Lipinski definition) is 3. The van der Waals surface area contributed by atoms with E-state index in [1.54, 1.807) is 23.9 Å². The van der Waals surface area contributed by atoms with Gasteiger partial charge in [0.1, 0.15) is 11.5 Å². The highest BCUT2D eigenvalue weighted by Gasteiger charge is 2.34. The van der Waals surface area contributed by atoms with E-state index in [2.05, 4.69) is 37.1 Å². The Labute approximate surface area is 220 Å². The van der Waals surface area contributed by atoms with Crippen LogP contribution >= 0.6 is 24.2 Å². The average molecular weight is 519 g/mol. The number of nitrogens with one attached hydrogen (secondary N) is 1. The fourth-order valence-corrected chi connectivity index (χ4v) is 6.65. The molecule has 7 heteroatoms. The molecule has 2 heterocycles. The van der Waals surface area contributed by atoms with Crippen LogP contribution in [0.5, 0.6) is 11.5 Å². The molecule has 0 saturated carbocycles. The molecule has 192 valence electrons. The van der Waals surface area contributed by atoms with Gasteiger partial charge in [0.2, 0.25) is 5.91 Å². The van der Waals surface area contributed by atoms with Crippen LogP contribution in [0.4, 0.5) is 0 Å². The number of aromatic hydroxyl groups is 2. The van der Waals surface area contributed by atoms with Gasteiger partial charge in [-0.1, -0.05) is 25.1 Å². The molecule has 0 aromatic heterocycles. The van der Waals surface area contributed by atoms with E-state index in [-0.39, 0.29) is 35.1 Å². The molecule has 3 N–H and O–H groups in total. The molecule has 5 nitrogen and oxygen atoms in total. The lowest BCUT2D eigenvalue weighted by Gasteiger charge is -2.44.